The molecule has 162 valence electrons. The van der Waals surface area contributed by atoms with Crippen LogP contribution in [0.2, 0.25) is 0 Å². The predicted octanol–water partition coefficient (Wildman–Crippen LogP) is 5.57. The first-order valence-electron chi connectivity index (χ1n) is 10.9. The van der Waals surface area contributed by atoms with Crippen molar-refractivity contribution in [3.63, 3.8) is 0 Å². The van der Waals surface area contributed by atoms with Crippen LogP contribution >= 0.6 is 0 Å². The summed E-state index contributed by atoms with van der Waals surface area (Å²) in [4.78, 5) is 17.7. The average molecular weight is 409 g/mol. The molecule has 4 nitrogen and oxygen atoms in total. The molecule has 4 heteroatoms. The summed E-state index contributed by atoms with van der Waals surface area (Å²) in [6.07, 6.45) is 4.61. The van der Waals surface area contributed by atoms with Gasteiger partial charge in [-0.25, -0.2) is 0 Å². The highest BCUT2D eigenvalue weighted by atomic mass is 16.5. The number of ketones is 1. The van der Waals surface area contributed by atoms with Gasteiger partial charge in [0.1, 0.15) is 5.75 Å². The van der Waals surface area contributed by atoms with Crippen LogP contribution < -0.4 is 10.5 Å². The fraction of sp³-hybridized carbons (Fsp3) is 0.462. The van der Waals surface area contributed by atoms with Crippen molar-refractivity contribution in [2.24, 2.45) is 10.7 Å². The second kappa shape index (κ2) is 11.7. The first-order chi connectivity index (χ1) is 14.3. The summed E-state index contributed by atoms with van der Waals surface area (Å²) in [6, 6.07) is 15.7. The minimum Gasteiger partial charge on any atom is -0.497 e. The predicted molar refractivity (Wildman–Crippen MR) is 126 cm³/mol. The third-order valence-corrected chi connectivity index (χ3v) is 5.24. The van der Waals surface area contributed by atoms with E-state index in [1.165, 1.54) is 5.56 Å². The SMILES string of the molecule is COc1ccc(C(=O)CC(=NCCCCCCN)c2ccc(C(C)(C)C)cc2)cc1. The number of unbranched alkanes of at least 4 members (excludes halogenated alkanes) is 3. The Morgan fingerprint density at radius 3 is 2.07 bits per heavy atom. The summed E-state index contributed by atoms with van der Waals surface area (Å²) in [5, 5.41) is 0. The van der Waals surface area contributed by atoms with Crippen molar-refractivity contribution < 1.29 is 9.53 Å². The molecule has 0 aliphatic rings. The van der Waals surface area contributed by atoms with Crippen LogP contribution in [0.15, 0.2) is 53.5 Å². The Morgan fingerprint density at radius 2 is 1.50 bits per heavy atom. The molecule has 0 amide bonds. The molecule has 0 saturated carbocycles. The van der Waals surface area contributed by atoms with Crippen molar-refractivity contribution in [2.75, 3.05) is 20.2 Å². The second-order valence-corrected chi connectivity index (χ2v) is 8.69. The number of nitrogens with zero attached hydrogens (tertiary/aromatic N) is 1. The number of hydrogen-bond acceptors (Lipinski definition) is 4. The standard InChI is InChI=1S/C26H36N2O2/c1-26(2,3)22-13-9-20(10-14-22)24(28-18-8-6-5-7-17-27)19-25(29)21-11-15-23(30-4)16-12-21/h9-16H,5-8,17-19,27H2,1-4H3. The summed E-state index contributed by atoms with van der Waals surface area (Å²) in [5.74, 6) is 0.815. The van der Waals surface area contributed by atoms with Crippen LogP contribution in [0.5, 0.6) is 5.75 Å². The second-order valence-electron chi connectivity index (χ2n) is 8.69. The lowest BCUT2D eigenvalue weighted by Crippen LogP contribution is -2.13. The molecule has 0 heterocycles. The molecule has 2 aromatic carbocycles. The molecular weight excluding hydrogens is 372 g/mol. The topological polar surface area (TPSA) is 64.7 Å². The molecule has 0 saturated heterocycles. The van der Waals surface area contributed by atoms with E-state index in [-0.39, 0.29) is 11.2 Å². The highest BCUT2D eigenvalue weighted by Gasteiger charge is 2.16. The van der Waals surface area contributed by atoms with E-state index in [0.29, 0.717) is 12.0 Å². The maximum absolute atomic E-state index is 12.9. The van der Waals surface area contributed by atoms with Crippen LogP contribution in [0.3, 0.4) is 0 Å². The Morgan fingerprint density at radius 1 is 0.900 bits per heavy atom. The van der Waals surface area contributed by atoms with Gasteiger partial charge in [-0.05, 0) is 60.2 Å². The van der Waals surface area contributed by atoms with E-state index in [1.807, 2.05) is 24.3 Å². The number of carbonyl (C=O) groups is 1. The lowest BCUT2D eigenvalue weighted by atomic mass is 9.86. The summed E-state index contributed by atoms with van der Waals surface area (Å²) in [6.45, 7) is 8.07. The van der Waals surface area contributed by atoms with Gasteiger partial charge in [-0.15, -0.1) is 0 Å². The molecule has 30 heavy (non-hydrogen) atoms. The molecule has 2 aromatic rings. The van der Waals surface area contributed by atoms with Crippen molar-refractivity contribution in [1.82, 2.24) is 0 Å². The van der Waals surface area contributed by atoms with Gasteiger partial charge in [-0.1, -0.05) is 57.9 Å². The van der Waals surface area contributed by atoms with E-state index in [4.69, 9.17) is 15.5 Å². The van der Waals surface area contributed by atoms with Gasteiger partial charge in [0.05, 0.1) is 13.5 Å². The van der Waals surface area contributed by atoms with Gasteiger partial charge in [-0.3, -0.25) is 9.79 Å². The van der Waals surface area contributed by atoms with Crippen molar-refractivity contribution in [3.05, 3.63) is 65.2 Å². The monoisotopic (exact) mass is 408 g/mol. The first kappa shape index (κ1) is 23.8. The third-order valence-electron chi connectivity index (χ3n) is 5.24. The molecule has 2 N–H and O–H groups in total. The van der Waals surface area contributed by atoms with Crippen LogP contribution in [0, 0.1) is 0 Å². The lowest BCUT2D eigenvalue weighted by molar-refractivity contribution is 0.100. The summed E-state index contributed by atoms with van der Waals surface area (Å²) >= 11 is 0. The van der Waals surface area contributed by atoms with Gasteiger partial charge in [-0.2, -0.15) is 0 Å². The van der Waals surface area contributed by atoms with Gasteiger partial charge in [0.15, 0.2) is 5.78 Å². The number of rotatable bonds is 11. The number of nitrogens with two attached hydrogens (primary N) is 1. The Bertz CT molecular complexity index is 816. The van der Waals surface area contributed by atoms with Crippen molar-refractivity contribution >= 4 is 11.5 Å². The molecule has 0 aliphatic carbocycles. The van der Waals surface area contributed by atoms with E-state index >= 15 is 0 Å². The first-order valence-corrected chi connectivity index (χ1v) is 10.9. The quantitative estimate of drug-likeness (QED) is 0.300. The van der Waals surface area contributed by atoms with Gasteiger partial charge in [0.2, 0.25) is 0 Å². The minimum atomic E-state index is 0.0689. The summed E-state index contributed by atoms with van der Waals surface area (Å²) in [5.41, 5.74) is 9.49. The number of aliphatic imine (C=N–C) groups is 1. The molecule has 2 rings (SSSR count). The van der Waals surface area contributed by atoms with Gasteiger partial charge in [0.25, 0.3) is 0 Å². The van der Waals surface area contributed by atoms with Crippen LogP contribution in [0.25, 0.3) is 0 Å². The molecule has 0 atom stereocenters. The number of ether oxygens (including phenoxy) is 1. The largest absolute Gasteiger partial charge is 0.497 e. The van der Waals surface area contributed by atoms with Gasteiger partial charge in [0, 0.05) is 17.8 Å². The number of Topliss-reactive ketones (excluding diaryl/α,β-unsaturated/α-hetero) is 1. The van der Waals surface area contributed by atoms with E-state index in [1.54, 1.807) is 7.11 Å². The van der Waals surface area contributed by atoms with E-state index < -0.39 is 0 Å². The summed E-state index contributed by atoms with van der Waals surface area (Å²) in [7, 11) is 1.62. The van der Waals surface area contributed by atoms with Gasteiger partial charge < -0.3 is 10.5 Å². The van der Waals surface area contributed by atoms with Crippen molar-refractivity contribution in [1.29, 1.82) is 0 Å². The maximum atomic E-state index is 12.9. The summed E-state index contributed by atoms with van der Waals surface area (Å²) < 4.78 is 5.19. The lowest BCUT2D eigenvalue weighted by Gasteiger charge is -2.19. The average Bonchev–Trinajstić information content (AvgIpc) is 2.74. The zero-order valence-electron chi connectivity index (χ0n) is 18.9. The molecule has 0 radical (unpaired) electrons. The zero-order chi connectivity index (χ0) is 22.0. The molecule has 0 aromatic heterocycles. The molecule has 0 spiro atoms. The molecule has 0 unspecified atom stereocenters. The fourth-order valence-corrected chi connectivity index (χ4v) is 3.27. The van der Waals surface area contributed by atoms with Crippen LogP contribution in [-0.2, 0) is 5.41 Å². The van der Waals surface area contributed by atoms with E-state index in [0.717, 1.165) is 55.8 Å². The highest BCUT2D eigenvalue weighted by Crippen LogP contribution is 2.23. The number of benzene rings is 2. The maximum Gasteiger partial charge on any atom is 0.168 e. The van der Waals surface area contributed by atoms with Gasteiger partial charge >= 0.3 is 0 Å². The Hall–Kier alpha value is -2.46. The third kappa shape index (κ3) is 7.42. The molecule has 0 aliphatic heterocycles. The molecular formula is C26H36N2O2. The van der Waals surface area contributed by atoms with Crippen molar-refractivity contribution in [3.8, 4) is 5.75 Å². The van der Waals surface area contributed by atoms with Crippen LogP contribution in [0.1, 0.15) is 74.4 Å². The normalized spacial score (nSPS) is 12.1. The molecule has 0 bridgehead atoms. The van der Waals surface area contributed by atoms with Crippen LogP contribution in [0.4, 0.5) is 0 Å². The number of methoxy groups -OCH3 is 1. The zero-order valence-corrected chi connectivity index (χ0v) is 18.9. The fourth-order valence-electron chi connectivity index (χ4n) is 3.27. The molecule has 0 fully saturated rings. The highest BCUT2D eigenvalue weighted by molar-refractivity contribution is 6.15. The Labute approximate surface area is 181 Å². The smallest absolute Gasteiger partial charge is 0.168 e. The van der Waals surface area contributed by atoms with Crippen molar-refractivity contribution in [2.45, 2.75) is 58.3 Å². The minimum absolute atomic E-state index is 0.0689. The Kier molecular flexibility index (Phi) is 9.25. The number of carbonyl (C=O) groups excluding carboxylic acids is 1. The van der Waals surface area contributed by atoms with Crippen LogP contribution in [-0.4, -0.2) is 31.7 Å². The van der Waals surface area contributed by atoms with E-state index in [2.05, 4.69) is 45.0 Å². The van der Waals surface area contributed by atoms with E-state index in [9.17, 15) is 4.79 Å². The Balaban J connectivity index is 2.16. The number of hydrogen-bond donors (Lipinski definition) is 1.